The summed E-state index contributed by atoms with van der Waals surface area (Å²) in [5.74, 6) is -1.53. The van der Waals surface area contributed by atoms with Crippen molar-refractivity contribution in [2.45, 2.75) is 20.3 Å². The molecule has 8 heteroatoms. The zero-order valence-corrected chi connectivity index (χ0v) is 18.3. The molecule has 3 rings (SSSR count). The molecule has 0 saturated heterocycles. The van der Waals surface area contributed by atoms with Crippen LogP contribution in [0, 0.1) is 0 Å². The summed E-state index contributed by atoms with van der Waals surface area (Å²) in [5.41, 5.74) is 1.63. The van der Waals surface area contributed by atoms with E-state index in [1.807, 2.05) is 0 Å². The molecule has 0 aliphatic carbocycles. The van der Waals surface area contributed by atoms with Gasteiger partial charge in [0, 0.05) is 25.2 Å². The van der Waals surface area contributed by atoms with Gasteiger partial charge in [0.05, 0.1) is 16.7 Å². The number of carbonyl (C=O) groups is 4. The average Bonchev–Trinajstić information content (AvgIpc) is 3.05. The van der Waals surface area contributed by atoms with Crippen LogP contribution in [-0.2, 0) is 9.53 Å². The van der Waals surface area contributed by atoms with Crippen molar-refractivity contribution in [3.8, 4) is 0 Å². The fraction of sp³-hybridized carbons (Fsp3) is 0.333. The highest BCUT2D eigenvalue weighted by Crippen LogP contribution is 2.22. The zero-order valence-electron chi connectivity index (χ0n) is 18.3. The van der Waals surface area contributed by atoms with Gasteiger partial charge in [0.2, 0.25) is 5.91 Å². The van der Waals surface area contributed by atoms with Crippen LogP contribution in [0.4, 0.5) is 5.69 Å². The third-order valence-electron chi connectivity index (χ3n) is 5.38. The van der Waals surface area contributed by atoms with Crippen LogP contribution in [0.5, 0.6) is 0 Å². The van der Waals surface area contributed by atoms with Crippen molar-refractivity contribution in [2.24, 2.45) is 0 Å². The summed E-state index contributed by atoms with van der Waals surface area (Å²) in [6.45, 7) is 6.90. The first-order valence-corrected chi connectivity index (χ1v) is 10.7. The van der Waals surface area contributed by atoms with Gasteiger partial charge in [-0.1, -0.05) is 26.0 Å². The number of imide groups is 1. The molecule has 168 valence electrons. The summed E-state index contributed by atoms with van der Waals surface area (Å²) in [6, 6.07) is 13.0. The third-order valence-corrected chi connectivity index (χ3v) is 5.38. The number of hydrogen-bond acceptors (Lipinski definition) is 6. The normalized spacial score (nSPS) is 12.8. The number of benzene rings is 2. The average molecular weight is 437 g/mol. The quantitative estimate of drug-likeness (QED) is 0.454. The monoisotopic (exact) mass is 437 g/mol. The van der Waals surface area contributed by atoms with Gasteiger partial charge in [-0.3, -0.25) is 19.3 Å². The van der Waals surface area contributed by atoms with E-state index in [1.54, 1.807) is 48.5 Å². The standard InChI is InChI=1S/C24H27N3O5/c1-3-26(4-2)15-16-32-24(31)17-9-11-18(12-10-17)25-21(28)13-14-27-22(29)19-7-5-6-8-20(19)23(27)30/h5-12H,3-4,13-16H2,1-2H3,(H,25,28). The Morgan fingerprint density at radius 1 is 0.938 bits per heavy atom. The maximum absolute atomic E-state index is 12.4. The first-order chi connectivity index (χ1) is 15.4. The van der Waals surface area contributed by atoms with E-state index in [-0.39, 0.29) is 30.7 Å². The first-order valence-electron chi connectivity index (χ1n) is 10.7. The first kappa shape index (κ1) is 23.1. The molecule has 0 spiro atoms. The number of esters is 1. The molecule has 0 saturated carbocycles. The third kappa shape index (κ3) is 5.39. The predicted molar refractivity (Wildman–Crippen MR) is 120 cm³/mol. The minimum atomic E-state index is -0.416. The Labute approximate surface area is 187 Å². The molecule has 2 aromatic rings. The van der Waals surface area contributed by atoms with Crippen molar-refractivity contribution in [1.82, 2.24) is 9.80 Å². The number of carbonyl (C=O) groups excluding carboxylic acids is 4. The maximum Gasteiger partial charge on any atom is 0.338 e. The second kappa shape index (κ2) is 10.7. The molecule has 0 aromatic heterocycles. The van der Waals surface area contributed by atoms with Gasteiger partial charge in [-0.2, -0.15) is 0 Å². The fourth-order valence-electron chi connectivity index (χ4n) is 3.46. The van der Waals surface area contributed by atoms with Crippen LogP contribution in [0.2, 0.25) is 0 Å². The number of hydrogen-bond donors (Lipinski definition) is 1. The lowest BCUT2D eigenvalue weighted by molar-refractivity contribution is -0.116. The summed E-state index contributed by atoms with van der Waals surface area (Å²) in [7, 11) is 0. The number of ether oxygens (including phenoxy) is 1. The Bertz CT molecular complexity index is 964. The lowest BCUT2D eigenvalue weighted by Crippen LogP contribution is -2.32. The van der Waals surface area contributed by atoms with Crippen LogP contribution in [0.3, 0.4) is 0 Å². The molecule has 1 aliphatic heterocycles. The summed E-state index contributed by atoms with van der Waals surface area (Å²) in [6.07, 6.45) is -0.0272. The molecule has 0 radical (unpaired) electrons. The molecule has 1 N–H and O–H groups in total. The summed E-state index contributed by atoms with van der Waals surface area (Å²) in [4.78, 5) is 52.4. The molecular formula is C24H27N3O5. The fourth-order valence-corrected chi connectivity index (χ4v) is 3.46. The number of amides is 3. The molecule has 1 aliphatic rings. The number of nitrogens with one attached hydrogen (secondary N) is 1. The van der Waals surface area contributed by atoms with Crippen LogP contribution in [0.1, 0.15) is 51.3 Å². The van der Waals surface area contributed by atoms with Gasteiger partial charge in [-0.05, 0) is 49.5 Å². The molecule has 3 amide bonds. The summed E-state index contributed by atoms with van der Waals surface area (Å²) in [5, 5.41) is 2.71. The topological polar surface area (TPSA) is 96.0 Å². The van der Waals surface area contributed by atoms with Gasteiger partial charge in [0.1, 0.15) is 6.61 Å². The molecule has 0 fully saturated rings. The lowest BCUT2D eigenvalue weighted by atomic mass is 10.1. The smallest absolute Gasteiger partial charge is 0.338 e. The van der Waals surface area contributed by atoms with E-state index < -0.39 is 5.97 Å². The zero-order chi connectivity index (χ0) is 23.1. The number of nitrogens with zero attached hydrogens (tertiary/aromatic N) is 2. The second-order valence-electron chi connectivity index (χ2n) is 7.35. The van der Waals surface area contributed by atoms with Crippen molar-refractivity contribution in [3.05, 3.63) is 65.2 Å². The van der Waals surface area contributed by atoms with Gasteiger partial charge < -0.3 is 15.0 Å². The highest BCUT2D eigenvalue weighted by atomic mass is 16.5. The predicted octanol–water partition coefficient (Wildman–Crippen LogP) is 2.81. The lowest BCUT2D eigenvalue weighted by Gasteiger charge is -2.17. The van der Waals surface area contributed by atoms with Crippen LogP contribution >= 0.6 is 0 Å². The van der Waals surface area contributed by atoms with Crippen molar-refractivity contribution in [2.75, 3.05) is 38.1 Å². The van der Waals surface area contributed by atoms with E-state index in [2.05, 4.69) is 24.1 Å². The second-order valence-corrected chi connectivity index (χ2v) is 7.35. The van der Waals surface area contributed by atoms with Crippen molar-refractivity contribution in [3.63, 3.8) is 0 Å². The highest BCUT2D eigenvalue weighted by Gasteiger charge is 2.34. The van der Waals surface area contributed by atoms with Gasteiger partial charge in [-0.25, -0.2) is 4.79 Å². The number of fused-ring (bicyclic) bond motifs is 1. The SMILES string of the molecule is CCN(CC)CCOC(=O)c1ccc(NC(=O)CCN2C(=O)c3ccccc3C2=O)cc1. The number of likely N-dealkylation sites (N-methyl/N-ethyl adjacent to an activating group) is 1. The highest BCUT2D eigenvalue weighted by molar-refractivity contribution is 6.21. The molecule has 32 heavy (non-hydrogen) atoms. The minimum absolute atomic E-state index is 0.00483. The van der Waals surface area contributed by atoms with E-state index in [0.29, 0.717) is 35.5 Å². The Kier molecular flexibility index (Phi) is 7.72. The van der Waals surface area contributed by atoms with Crippen LogP contribution in [0.15, 0.2) is 48.5 Å². The molecule has 0 unspecified atom stereocenters. The van der Waals surface area contributed by atoms with Crippen LogP contribution in [-0.4, -0.2) is 66.3 Å². The van der Waals surface area contributed by atoms with Gasteiger partial charge >= 0.3 is 5.97 Å². The van der Waals surface area contributed by atoms with E-state index >= 15 is 0 Å². The Morgan fingerprint density at radius 3 is 2.09 bits per heavy atom. The molecule has 8 nitrogen and oxygen atoms in total. The summed E-state index contributed by atoms with van der Waals surface area (Å²) >= 11 is 0. The number of rotatable bonds is 10. The van der Waals surface area contributed by atoms with E-state index in [1.165, 1.54) is 0 Å². The van der Waals surface area contributed by atoms with Crippen molar-refractivity contribution in [1.29, 1.82) is 0 Å². The maximum atomic E-state index is 12.4. The van der Waals surface area contributed by atoms with Crippen molar-refractivity contribution >= 4 is 29.4 Å². The molecule has 2 aromatic carbocycles. The molecule has 1 heterocycles. The Hall–Kier alpha value is -3.52. The van der Waals surface area contributed by atoms with Gasteiger partial charge in [-0.15, -0.1) is 0 Å². The molecular weight excluding hydrogens is 410 g/mol. The molecule has 0 atom stereocenters. The Morgan fingerprint density at radius 2 is 1.53 bits per heavy atom. The van der Waals surface area contributed by atoms with Gasteiger partial charge in [0.25, 0.3) is 11.8 Å². The van der Waals surface area contributed by atoms with E-state index in [4.69, 9.17) is 4.74 Å². The minimum Gasteiger partial charge on any atom is -0.461 e. The van der Waals surface area contributed by atoms with E-state index in [9.17, 15) is 19.2 Å². The van der Waals surface area contributed by atoms with Gasteiger partial charge in [0.15, 0.2) is 0 Å². The van der Waals surface area contributed by atoms with Crippen LogP contribution in [0.25, 0.3) is 0 Å². The van der Waals surface area contributed by atoms with E-state index in [0.717, 1.165) is 18.0 Å². The van der Waals surface area contributed by atoms with Crippen molar-refractivity contribution < 1.29 is 23.9 Å². The molecule has 0 bridgehead atoms. The summed E-state index contributed by atoms with van der Waals surface area (Å²) < 4.78 is 5.29. The Balaban J connectivity index is 1.46. The number of anilines is 1. The largest absolute Gasteiger partial charge is 0.461 e. The van der Waals surface area contributed by atoms with Crippen LogP contribution < -0.4 is 5.32 Å².